The Balaban J connectivity index is 1.11. The Hall–Kier alpha value is -4.95. The summed E-state index contributed by atoms with van der Waals surface area (Å²) in [6.45, 7) is 10.6. The van der Waals surface area contributed by atoms with Gasteiger partial charge in [-0.15, -0.1) is 0 Å². The molecule has 0 saturated carbocycles. The van der Waals surface area contributed by atoms with Gasteiger partial charge in [0.2, 0.25) is 29.5 Å². The molecule has 14 nitrogen and oxygen atoms in total. The highest BCUT2D eigenvalue weighted by atomic mass is 16.2. The van der Waals surface area contributed by atoms with E-state index in [2.05, 4.69) is 38.7 Å². The molecule has 2 saturated heterocycles. The van der Waals surface area contributed by atoms with Crippen LogP contribution in [0, 0.1) is 11.3 Å². The molecule has 1 aliphatic carbocycles. The molecular weight excluding hydrogens is 799 g/mol. The van der Waals surface area contributed by atoms with Crippen molar-refractivity contribution < 1.29 is 33.6 Å². The van der Waals surface area contributed by atoms with Crippen molar-refractivity contribution in [3.8, 4) is 0 Å². The molecule has 2 fully saturated rings. The van der Waals surface area contributed by atoms with E-state index in [0.717, 1.165) is 24.8 Å². The average molecular weight is 870 g/mol. The first-order chi connectivity index (χ1) is 30.0. The van der Waals surface area contributed by atoms with Crippen molar-refractivity contribution in [1.29, 1.82) is 0 Å². The van der Waals surface area contributed by atoms with Crippen LogP contribution in [0.4, 0.5) is 0 Å². The van der Waals surface area contributed by atoms with Gasteiger partial charge in [-0.1, -0.05) is 76.1 Å². The van der Waals surface area contributed by atoms with Crippen molar-refractivity contribution in [1.82, 2.24) is 36.4 Å². The fourth-order valence-electron chi connectivity index (χ4n) is 8.99. The second-order valence-corrected chi connectivity index (χ2v) is 18.9. The number of carbonyl (C=O) groups is 7. The molecule has 5 rings (SSSR count). The third kappa shape index (κ3) is 13.1. The lowest BCUT2D eigenvalue weighted by atomic mass is 9.85. The maximum absolute atomic E-state index is 14.1. The van der Waals surface area contributed by atoms with E-state index >= 15 is 0 Å². The van der Waals surface area contributed by atoms with Crippen LogP contribution in [-0.4, -0.2) is 115 Å². The molecule has 5 amide bonds. The molecule has 344 valence electrons. The first-order valence-electron chi connectivity index (χ1n) is 23.1. The maximum atomic E-state index is 14.1. The van der Waals surface area contributed by atoms with E-state index in [9.17, 15) is 33.6 Å². The number of unbranched alkanes of at least 4 members (excludes halogenated alkanes) is 2. The number of hydrogen-bond acceptors (Lipinski definition) is 9. The van der Waals surface area contributed by atoms with Crippen LogP contribution in [0.15, 0.2) is 48.5 Å². The van der Waals surface area contributed by atoms with E-state index in [1.165, 1.54) is 5.56 Å². The average Bonchev–Trinajstić information content (AvgIpc) is 3.97. The van der Waals surface area contributed by atoms with Gasteiger partial charge in [0, 0.05) is 43.6 Å². The SMILES string of the molecule is CN[C@@H](C)C(=O)N[C@@H](CCCCCC(=O)c1cccc(C(=O)C[C@H]2CCN(C(=O)[C@@H](NC(=O)[C@H](C)NC)C(C)(C)C)C2)c1)C(=O)N1CCC[C@H]1C(=O)N[C@@H]1CCCc2ccccc21. The van der Waals surface area contributed by atoms with E-state index in [0.29, 0.717) is 75.7 Å². The Morgan fingerprint density at radius 3 is 2.13 bits per heavy atom. The lowest BCUT2D eigenvalue weighted by Crippen LogP contribution is -2.57. The maximum Gasteiger partial charge on any atom is 0.245 e. The predicted octanol–water partition coefficient (Wildman–Crippen LogP) is 4.66. The van der Waals surface area contributed by atoms with Gasteiger partial charge in [0.25, 0.3) is 0 Å². The molecule has 63 heavy (non-hydrogen) atoms. The number of carbonyl (C=O) groups excluding carboxylic acids is 7. The lowest BCUT2D eigenvalue weighted by molar-refractivity contribution is -0.142. The van der Waals surface area contributed by atoms with Crippen LogP contribution in [0.3, 0.4) is 0 Å². The highest BCUT2D eigenvalue weighted by Crippen LogP contribution is 2.31. The first kappa shape index (κ1) is 49.1. The smallest absolute Gasteiger partial charge is 0.245 e. The van der Waals surface area contributed by atoms with Crippen molar-refractivity contribution in [2.45, 2.75) is 148 Å². The minimum Gasteiger partial charge on any atom is -0.347 e. The van der Waals surface area contributed by atoms with Crippen LogP contribution < -0.4 is 26.6 Å². The van der Waals surface area contributed by atoms with Crippen LogP contribution in [0.5, 0.6) is 0 Å². The molecule has 7 atom stereocenters. The zero-order chi connectivity index (χ0) is 45.8. The third-order valence-corrected chi connectivity index (χ3v) is 13.2. The number of Topliss-reactive ketones (excluding diaryl/α,β-unsaturated/α-hetero) is 2. The molecule has 5 N–H and O–H groups in total. The summed E-state index contributed by atoms with van der Waals surface area (Å²) < 4.78 is 0. The molecule has 0 radical (unpaired) electrons. The van der Waals surface area contributed by atoms with E-state index in [4.69, 9.17) is 0 Å². The summed E-state index contributed by atoms with van der Waals surface area (Å²) in [6, 6.07) is 11.8. The second kappa shape index (κ2) is 22.6. The number of hydrogen-bond donors (Lipinski definition) is 5. The fourth-order valence-corrected chi connectivity index (χ4v) is 8.99. The molecular formula is C49H71N7O7. The minimum atomic E-state index is -0.812. The largest absolute Gasteiger partial charge is 0.347 e. The van der Waals surface area contributed by atoms with Crippen molar-refractivity contribution in [3.05, 3.63) is 70.8 Å². The quantitative estimate of drug-likeness (QED) is 0.0933. The minimum absolute atomic E-state index is 0.0384. The van der Waals surface area contributed by atoms with E-state index in [1.807, 2.05) is 32.9 Å². The van der Waals surface area contributed by atoms with Crippen LogP contribution in [0.2, 0.25) is 0 Å². The number of aryl methyl sites for hydroxylation is 1. The van der Waals surface area contributed by atoms with Crippen molar-refractivity contribution >= 4 is 41.1 Å². The number of likely N-dealkylation sites (N-methyl/N-ethyl adjacent to an activating group) is 2. The van der Waals surface area contributed by atoms with Gasteiger partial charge in [-0.3, -0.25) is 33.6 Å². The zero-order valence-corrected chi connectivity index (χ0v) is 38.5. The standard InChI is InChI=1S/C49H71N7O7/c1-31(50-6)44(59)53-39(47(62)56-26-15-23-40(56)46(61)52-38-22-14-17-34-16-11-12-20-37(34)38)21-9-8-10-24-41(57)35-18-13-19-36(29-35)42(58)28-33-25-27-55(30-33)48(63)43(49(3,4)5)54-45(60)32(2)51-7/h11-13,16,18-20,29,31-33,38-40,43,50-51H,8-10,14-15,17,21-28,30H2,1-7H3,(H,52,61)(H,53,59)(H,54,60)/t31-,32-,33+,38+,39-,40-,43+/m0/s1. The number of benzene rings is 2. The first-order valence-corrected chi connectivity index (χ1v) is 23.1. The van der Waals surface area contributed by atoms with Crippen LogP contribution in [0.1, 0.15) is 143 Å². The molecule has 2 aromatic rings. The zero-order valence-electron chi connectivity index (χ0n) is 38.5. The highest BCUT2D eigenvalue weighted by Gasteiger charge is 2.40. The molecule has 0 bridgehead atoms. The number of fused-ring (bicyclic) bond motifs is 1. The van der Waals surface area contributed by atoms with E-state index < -0.39 is 35.6 Å². The second-order valence-electron chi connectivity index (χ2n) is 18.9. The molecule has 0 spiro atoms. The Kier molecular flexibility index (Phi) is 17.6. The monoisotopic (exact) mass is 870 g/mol. The molecule has 0 aromatic heterocycles. The summed E-state index contributed by atoms with van der Waals surface area (Å²) in [5.74, 6) is -1.33. The topological polar surface area (TPSA) is 186 Å². The van der Waals surface area contributed by atoms with Gasteiger partial charge in [0.15, 0.2) is 11.6 Å². The Labute approximate surface area is 373 Å². The number of amides is 5. The Morgan fingerprint density at radius 1 is 0.746 bits per heavy atom. The molecule has 3 aliphatic rings. The predicted molar refractivity (Wildman–Crippen MR) is 243 cm³/mol. The summed E-state index contributed by atoms with van der Waals surface area (Å²) >= 11 is 0. The van der Waals surface area contributed by atoms with Gasteiger partial charge < -0.3 is 36.4 Å². The normalized spacial score (nSPS) is 20.5. The van der Waals surface area contributed by atoms with Gasteiger partial charge in [-0.05, 0) is 108 Å². The lowest BCUT2D eigenvalue weighted by Gasteiger charge is -2.34. The summed E-state index contributed by atoms with van der Waals surface area (Å²) in [7, 11) is 3.37. The van der Waals surface area contributed by atoms with Crippen molar-refractivity contribution in [3.63, 3.8) is 0 Å². The molecule has 0 unspecified atom stereocenters. The third-order valence-electron chi connectivity index (χ3n) is 13.2. The molecule has 2 aromatic carbocycles. The highest BCUT2D eigenvalue weighted by molar-refractivity contribution is 6.01. The van der Waals surface area contributed by atoms with Crippen molar-refractivity contribution in [2.75, 3.05) is 33.7 Å². The number of likely N-dealkylation sites (tertiary alicyclic amines) is 2. The van der Waals surface area contributed by atoms with Gasteiger partial charge in [-0.2, -0.15) is 0 Å². The van der Waals surface area contributed by atoms with Gasteiger partial charge in [0.05, 0.1) is 18.1 Å². The Bertz CT molecular complexity index is 1960. The fraction of sp³-hybridized carbons (Fsp3) is 0.612. The summed E-state index contributed by atoms with van der Waals surface area (Å²) in [5.41, 5.74) is 2.79. The Morgan fingerprint density at radius 2 is 1.43 bits per heavy atom. The summed E-state index contributed by atoms with van der Waals surface area (Å²) in [5, 5.41) is 14.9. The van der Waals surface area contributed by atoms with Gasteiger partial charge in [0.1, 0.15) is 18.1 Å². The van der Waals surface area contributed by atoms with Gasteiger partial charge in [-0.25, -0.2) is 0 Å². The van der Waals surface area contributed by atoms with Crippen LogP contribution in [-0.2, 0) is 30.4 Å². The van der Waals surface area contributed by atoms with Crippen LogP contribution in [0.25, 0.3) is 0 Å². The molecule has 2 heterocycles. The van der Waals surface area contributed by atoms with Crippen LogP contribution >= 0.6 is 0 Å². The number of nitrogens with zero attached hydrogens (tertiary/aromatic N) is 2. The number of rotatable bonds is 20. The van der Waals surface area contributed by atoms with E-state index in [-0.39, 0.29) is 65.9 Å². The summed E-state index contributed by atoms with van der Waals surface area (Å²) in [4.78, 5) is 97.4. The van der Waals surface area contributed by atoms with E-state index in [1.54, 1.807) is 62.0 Å². The molecule has 2 aliphatic heterocycles. The van der Waals surface area contributed by atoms with Gasteiger partial charge >= 0.3 is 0 Å². The summed E-state index contributed by atoms with van der Waals surface area (Å²) in [6.07, 6.45) is 7.40. The number of nitrogens with one attached hydrogen (secondary N) is 5. The van der Waals surface area contributed by atoms with Crippen molar-refractivity contribution in [2.24, 2.45) is 11.3 Å². The number of ketones is 2. The molecule has 14 heteroatoms.